The lowest BCUT2D eigenvalue weighted by atomic mass is 10.0. The van der Waals surface area contributed by atoms with E-state index in [0.717, 1.165) is 42.4 Å². The third-order valence-electron chi connectivity index (χ3n) is 5.71. The van der Waals surface area contributed by atoms with Gasteiger partial charge in [0.05, 0.1) is 12.8 Å². The molecule has 3 heterocycles. The van der Waals surface area contributed by atoms with E-state index in [1.807, 2.05) is 7.05 Å². The van der Waals surface area contributed by atoms with Crippen LogP contribution < -0.4 is 10.1 Å². The van der Waals surface area contributed by atoms with E-state index < -0.39 is 10.0 Å². The first-order valence-corrected chi connectivity index (χ1v) is 11.3. The lowest BCUT2D eigenvalue weighted by Crippen LogP contribution is -2.30. The van der Waals surface area contributed by atoms with Gasteiger partial charge in [-0.25, -0.2) is 18.4 Å². The van der Waals surface area contributed by atoms with E-state index in [1.165, 1.54) is 11.4 Å². The van der Waals surface area contributed by atoms with Crippen molar-refractivity contribution in [3.63, 3.8) is 0 Å². The van der Waals surface area contributed by atoms with E-state index in [0.29, 0.717) is 25.3 Å². The van der Waals surface area contributed by atoms with E-state index >= 15 is 0 Å². The van der Waals surface area contributed by atoms with Crippen LogP contribution in [0.2, 0.25) is 0 Å². The molecule has 2 aliphatic rings. The molecule has 1 N–H and O–H groups in total. The van der Waals surface area contributed by atoms with Gasteiger partial charge in [-0.05, 0) is 25.6 Å². The van der Waals surface area contributed by atoms with Gasteiger partial charge in [0.1, 0.15) is 22.3 Å². The van der Waals surface area contributed by atoms with Gasteiger partial charge in [0, 0.05) is 51.1 Å². The molecule has 0 bridgehead atoms. The number of nitrogens with zero attached hydrogens (tertiary/aromatic N) is 4. The molecule has 1 atom stereocenters. The number of hydrogen-bond donors (Lipinski definition) is 1. The lowest BCUT2D eigenvalue weighted by Gasteiger charge is -2.26. The molecule has 0 unspecified atom stereocenters. The van der Waals surface area contributed by atoms with Crippen molar-refractivity contribution < 1.29 is 13.2 Å². The molecule has 156 valence electrons. The molecule has 0 amide bonds. The Bertz CT molecular complexity index is 994. The Morgan fingerprint density at radius 2 is 2.00 bits per heavy atom. The largest absolute Gasteiger partial charge is 0.495 e. The van der Waals surface area contributed by atoms with E-state index in [2.05, 4.69) is 17.3 Å². The van der Waals surface area contributed by atoms with Crippen LogP contribution in [-0.2, 0) is 23.0 Å². The lowest BCUT2D eigenvalue weighted by molar-refractivity contribution is 0.309. The summed E-state index contributed by atoms with van der Waals surface area (Å²) in [6.45, 7) is 2.61. The van der Waals surface area contributed by atoms with Crippen molar-refractivity contribution in [1.82, 2.24) is 19.2 Å². The summed E-state index contributed by atoms with van der Waals surface area (Å²) in [7, 11) is 1.81. The van der Waals surface area contributed by atoms with Crippen molar-refractivity contribution in [2.75, 3.05) is 46.2 Å². The van der Waals surface area contributed by atoms with E-state index in [-0.39, 0.29) is 10.8 Å². The third kappa shape index (κ3) is 3.70. The Balaban J connectivity index is 1.60. The van der Waals surface area contributed by atoms with Crippen LogP contribution >= 0.6 is 0 Å². The summed E-state index contributed by atoms with van der Waals surface area (Å²) in [6.07, 6.45) is 1.59. The highest BCUT2D eigenvalue weighted by molar-refractivity contribution is 7.89. The zero-order valence-electron chi connectivity index (χ0n) is 17.1. The maximum absolute atomic E-state index is 13.2. The van der Waals surface area contributed by atoms with Gasteiger partial charge in [0.25, 0.3) is 0 Å². The van der Waals surface area contributed by atoms with E-state index in [4.69, 9.17) is 14.7 Å². The minimum atomic E-state index is -3.63. The van der Waals surface area contributed by atoms with Crippen LogP contribution in [-0.4, -0.2) is 68.4 Å². The van der Waals surface area contributed by atoms with Crippen molar-refractivity contribution in [3.05, 3.63) is 41.3 Å². The van der Waals surface area contributed by atoms with Gasteiger partial charge < -0.3 is 15.0 Å². The number of methoxy groups -OCH3 is 1. The fourth-order valence-corrected chi connectivity index (χ4v) is 5.74. The Labute approximate surface area is 172 Å². The summed E-state index contributed by atoms with van der Waals surface area (Å²) in [5.74, 6) is 1.93. The maximum Gasteiger partial charge on any atom is 0.246 e. The number of fused-ring (bicyclic) bond motifs is 1. The SMILES string of the molecule is CNc1nc([C@H]2CCN(S(=O)(=O)c3ccccc3OC)C2)nc2c1CN(C)CC2. The molecule has 9 heteroatoms. The van der Waals surface area contributed by atoms with Crippen LogP contribution in [0.1, 0.15) is 29.4 Å². The van der Waals surface area contributed by atoms with Gasteiger partial charge in [-0.15, -0.1) is 0 Å². The average molecular weight is 418 g/mol. The number of rotatable bonds is 5. The highest BCUT2D eigenvalue weighted by Gasteiger charge is 2.36. The monoisotopic (exact) mass is 417 g/mol. The fourth-order valence-electron chi connectivity index (χ4n) is 4.09. The van der Waals surface area contributed by atoms with Crippen LogP contribution in [0.25, 0.3) is 0 Å². The number of aromatic nitrogens is 2. The van der Waals surface area contributed by atoms with Crippen LogP contribution in [0.15, 0.2) is 29.2 Å². The second-order valence-corrected chi connectivity index (χ2v) is 9.50. The molecular formula is C20H27N5O3S. The first-order chi connectivity index (χ1) is 13.9. The van der Waals surface area contributed by atoms with Gasteiger partial charge in [-0.3, -0.25) is 0 Å². The second-order valence-electron chi connectivity index (χ2n) is 7.59. The number of hydrogen-bond acceptors (Lipinski definition) is 7. The molecule has 4 rings (SSSR count). The van der Waals surface area contributed by atoms with E-state index in [1.54, 1.807) is 24.3 Å². The Morgan fingerprint density at radius 1 is 1.21 bits per heavy atom. The number of ether oxygens (including phenoxy) is 1. The van der Waals surface area contributed by atoms with Gasteiger partial charge in [0.2, 0.25) is 10.0 Å². The molecule has 2 aliphatic heterocycles. The van der Waals surface area contributed by atoms with Crippen LogP contribution in [0.3, 0.4) is 0 Å². The summed E-state index contributed by atoms with van der Waals surface area (Å²) in [6, 6.07) is 6.74. The number of para-hydroxylation sites is 1. The molecule has 1 saturated heterocycles. The zero-order valence-corrected chi connectivity index (χ0v) is 17.9. The molecule has 8 nitrogen and oxygen atoms in total. The van der Waals surface area contributed by atoms with Gasteiger partial charge >= 0.3 is 0 Å². The molecule has 1 fully saturated rings. The first-order valence-electron chi connectivity index (χ1n) is 9.83. The highest BCUT2D eigenvalue weighted by Crippen LogP contribution is 2.34. The molecule has 0 aliphatic carbocycles. The predicted octanol–water partition coefficient (Wildman–Crippen LogP) is 1.69. The molecule has 2 aromatic rings. The first kappa shape index (κ1) is 20.1. The second kappa shape index (κ2) is 7.89. The minimum absolute atomic E-state index is 0.0171. The number of anilines is 1. The van der Waals surface area contributed by atoms with Gasteiger partial charge in [-0.1, -0.05) is 12.1 Å². The maximum atomic E-state index is 13.2. The van der Waals surface area contributed by atoms with Crippen LogP contribution in [0.5, 0.6) is 5.75 Å². The average Bonchev–Trinajstić information content (AvgIpc) is 3.24. The summed E-state index contributed by atoms with van der Waals surface area (Å²) < 4.78 is 33.1. The number of likely N-dealkylation sites (N-methyl/N-ethyl adjacent to an activating group) is 1. The highest BCUT2D eigenvalue weighted by atomic mass is 32.2. The van der Waals surface area contributed by atoms with Gasteiger partial charge in [-0.2, -0.15) is 4.31 Å². The summed E-state index contributed by atoms with van der Waals surface area (Å²) in [5.41, 5.74) is 2.21. The third-order valence-corrected chi connectivity index (χ3v) is 7.61. The number of benzene rings is 1. The van der Waals surface area contributed by atoms with Crippen molar-refractivity contribution in [2.24, 2.45) is 0 Å². The summed E-state index contributed by atoms with van der Waals surface area (Å²) >= 11 is 0. The van der Waals surface area contributed by atoms with Crippen molar-refractivity contribution >= 4 is 15.8 Å². The van der Waals surface area contributed by atoms with Gasteiger partial charge in [0.15, 0.2) is 0 Å². The normalized spacial score (nSPS) is 20.4. The van der Waals surface area contributed by atoms with Crippen LogP contribution in [0, 0.1) is 0 Å². The Hall–Kier alpha value is -2.23. The smallest absolute Gasteiger partial charge is 0.246 e. The summed E-state index contributed by atoms with van der Waals surface area (Å²) in [4.78, 5) is 12.0. The molecule has 0 spiro atoms. The molecule has 1 aromatic heterocycles. The van der Waals surface area contributed by atoms with Crippen molar-refractivity contribution in [2.45, 2.75) is 30.2 Å². The molecular weight excluding hydrogens is 390 g/mol. The molecule has 0 radical (unpaired) electrons. The number of nitrogens with one attached hydrogen (secondary N) is 1. The predicted molar refractivity (Wildman–Crippen MR) is 111 cm³/mol. The number of sulfonamides is 1. The Morgan fingerprint density at radius 3 is 2.76 bits per heavy atom. The minimum Gasteiger partial charge on any atom is -0.495 e. The zero-order chi connectivity index (χ0) is 20.6. The van der Waals surface area contributed by atoms with Crippen molar-refractivity contribution in [3.8, 4) is 5.75 Å². The topological polar surface area (TPSA) is 87.7 Å². The Kier molecular flexibility index (Phi) is 5.46. The fraction of sp³-hybridized carbons (Fsp3) is 0.500. The quantitative estimate of drug-likeness (QED) is 0.792. The van der Waals surface area contributed by atoms with E-state index in [9.17, 15) is 8.42 Å². The standard InChI is InChI=1S/C20H27N5O3S/c1-21-20-15-13-24(2)10-9-16(15)22-19(23-20)14-8-11-25(12-14)29(26,27)18-7-5-4-6-17(18)28-3/h4-7,14H,8-13H2,1-3H3,(H,21,22,23)/t14-/m0/s1. The summed E-state index contributed by atoms with van der Waals surface area (Å²) in [5, 5.41) is 3.20. The molecule has 29 heavy (non-hydrogen) atoms. The van der Waals surface area contributed by atoms with Crippen molar-refractivity contribution in [1.29, 1.82) is 0 Å². The molecule has 0 saturated carbocycles. The van der Waals surface area contributed by atoms with Crippen LogP contribution in [0.4, 0.5) is 5.82 Å². The molecule has 1 aromatic carbocycles.